The molecule has 0 aliphatic carbocycles. The fourth-order valence-electron chi connectivity index (χ4n) is 1.01. The van der Waals surface area contributed by atoms with E-state index in [0.717, 1.165) is 8.61 Å². The van der Waals surface area contributed by atoms with E-state index < -0.39 is 10.2 Å². The number of hydrogen-bond acceptors (Lipinski definition) is 4. The smallest absolute Gasteiger partial charge is 0.281 e. The standard InChI is InChI=1S/C9H18N4O3S/c1-11(2)17(15,16)13(4)8-9(14)12(3)7-5-6-10/h5,7-8H2,1-4H3. The van der Waals surface area contributed by atoms with Crippen LogP contribution in [0.25, 0.3) is 0 Å². The van der Waals surface area contributed by atoms with Crippen LogP contribution in [-0.2, 0) is 15.0 Å². The lowest BCUT2D eigenvalue weighted by molar-refractivity contribution is -0.129. The van der Waals surface area contributed by atoms with Gasteiger partial charge in [0.2, 0.25) is 5.91 Å². The lowest BCUT2D eigenvalue weighted by atomic mass is 10.4. The molecule has 0 aromatic carbocycles. The van der Waals surface area contributed by atoms with E-state index in [-0.39, 0.29) is 18.9 Å². The van der Waals surface area contributed by atoms with E-state index in [1.165, 1.54) is 33.1 Å². The van der Waals surface area contributed by atoms with Gasteiger partial charge in [0.25, 0.3) is 10.2 Å². The van der Waals surface area contributed by atoms with Crippen LogP contribution in [0.4, 0.5) is 0 Å². The first-order valence-electron chi connectivity index (χ1n) is 4.98. The van der Waals surface area contributed by atoms with Gasteiger partial charge in [0.1, 0.15) is 0 Å². The average Bonchev–Trinajstić information content (AvgIpc) is 2.25. The van der Waals surface area contributed by atoms with E-state index in [1.54, 1.807) is 0 Å². The summed E-state index contributed by atoms with van der Waals surface area (Å²) in [5.74, 6) is -0.340. The third kappa shape index (κ3) is 4.68. The Labute approximate surface area is 102 Å². The molecular formula is C9H18N4O3S. The Morgan fingerprint density at radius 3 is 2.18 bits per heavy atom. The SMILES string of the molecule is CN(CCC#N)C(=O)CN(C)S(=O)(=O)N(C)C. The van der Waals surface area contributed by atoms with E-state index in [1.807, 2.05) is 6.07 Å². The fraction of sp³-hybridized carbons (Fsp3) is 0.778. The topological polar surface area (TPSA) is 84.7 Å². The molecule has 0 spiro atoms. The lowest BCUT2D eigenvalue weighted by Crippen LogP contribution is -2.43. The zero-order valence-corrected chi connectivity index (χ0v) is 11.4. The van der Waals surface area contributed by atoms with Crippen molar-refractivity contribution >= 4 is 16.1 Å². The summed E-state index contributed by atoms with van der Waals surface area (Å²) in [6, 6.07) is 1.92. The van der Waals surface area contributed by atoms with Gasteiger partial charge in [-0.2, -0.15) is 22.3 Å². The van der Waals surface area contributed by atoms with Crippen LogP contribution in [0.5, 0.6) is 0 Å². The van der Waals surface area contributed by atoms with Crippen LogP contribution < -0.4 is 0 Å². The number of nitriles is 1. The second kappa shape index (κ2) is 6.54. The summed E-state index contributed by atoms with van der Waals surface area (Å²) in [5, 5.41) is 8.38. The van der Waals surface area contributed by atoms with Crippen molar-refractivity contribution < 1.29 is 13.2 Å². The Balaban J connectivity index is 4.46. The van der Waals surface area contributed by atoms with Crippen LogP contribution in [0.15, 0.2) is 0 Å². The number of carbonyl (C=O) groups is 1. The zero-order valence-electron chi connectivity index (χ0n) is 10.5. The van der Waals surface area contributed by atoms with E-state index in [2.05, 4.69) is 0 Å². The summed E-state index contributed by atoms with van der Waals surface area (Å²) in [5.41, 5.74) is 0. The van der Waals surface area contributed by atoms with Crippen LogP contribution in [0.2, 0.25) is 0 Å². The van der Waals surface area contributed by atoms with Gasteiger partial charge >= 0.3 is 0 Å². The van der Waals surface area contributed by atoms with Crippen molar-refractivity contribution in [1.29, 1.82) is 5.26 Å². The minimum Gasteiger partial charge on any atom is -0.344 e. The molecule has 0 atom stereocenters. The van der Waals surface area contributed by atoms with Gasteiger partial charge < -0.3 is 4.90 Å². The molecule has 0 bridgehead atoms. The van der Waals surface area contributed by atoms with Gasteiger partial charge in [0.15, 0.2) is 0 Å². The maximum Gasteiger partial charge on any atom is 0.281 e. The van der Waals surface area contributed by atoms with Crippen molar-refractivity contribution in [3.8, 4) is 6.07 Å². The van der Waals surface area contributed by atoms with Crippen molar-refractivity contribution in [1.82, 2.24) is 13.5 Å². The maximum absolute atomic E-state index is 11.6. The predicted molar refractivity (Wildman–Crippen MR) is 63.1 cm³/mol. The molecule has 17 heavy (non-hydrogen) atoms. The molecule has 0 N–H and O–H groups in total. The number of rotatable bonds is 6. The van der Waals surface area contributed by atoms with Crippen LogP contribution in [0.1, 0.15) is 6.42 Å². The first-order chi connectivity index (χ1) is 7.73. The summed E-state index contributed by atoms with van der Waals surface area (Å²) < 4.78 is 25.3. The van der Waals surface area contributed by atoms with Gasteiger partial charge in [0, 0.05) is 34.7 Å². The number of hydrogen-bond donors (Lipinski definition) is 0. The summed E-state index contributed by atoms with van der Waals surface area (Å²) >= 11 is 0. The fourth-order valence-corrected chi connectivity index (χ4v) is 1.85. The zero-order chi connectivity index (χ0) is 13.6. The number of likely N-dealkylation sites (N-methyl/N-ethyl adjacent to an activating group) is 2. The van der Waals surface area contributed by atoms with Crippen molar-refractivity contribution in [3.63, 3.8) is 0 Å². The van der Waals surface area contributed by atoms with E-state index in [9.17, 15) is 13.2 Å². The van der Waals surface area contributed by atoms with Crippen LogP contribution in [-0.4, -0.2) is 69.1 Å². The Morgan fingerprint density at radius 2 is 1.76 bits per heavy atom. The van der Waals surface area contributed by atoms with Crippen LogP contribution in [0.3, 0.4) is 0 Å². The summed E-state index contributed by atoms with van der Waals surface area (Å²) in [6.07, 6.45) is 0.229. The van der Waals surface area contributed by atoms with Crippen molar-refractivity contribution in [2.75, 3.05) is 41.3 Å². The van der Waals surface area contributed by atoms with Gasteiger partial charge in [-0.05, 0) is 0 Å². The molecule has 0 aromatic heterocycles. The monoisotopic (exact) mass is 262 g/mol. The number of amides is 1. The minimum atomic E-state index is -3.57. The van der Waals surface area contributed by atoms with Gasteiger partial charge in [0.05, 0.1) is 19.0 Å². The molecule has 0 aromatic rings. The summed E-state index contributed by atoms with van der Waals surface area (Å²) in [7, 11) is 2.10. The maximum atomic E-state index is 11.6. The molecule has 0 radical (unpaired) electrons. The Hall–Kier alpha value is -1.17. The second-order valence-electron chi connectivity index (χ2n) is 3.77. The third-order valence-electron chi connectivity index (χ3n) is 2.20. The highest BCUT2D eigenvalue weighted by Gasteiger charge is 2.23. The lowest BCUT2D eigenvalue weighted by Gasteiger charge is -2.23. The van der Waals surface area contributed by atoms with E-state index in [0.29, 0.717) is 6.54 Å². The highest BCUT2D eigenvalue weighted by atomic mass is 32.2. The predicted octanol–water partition coefficient (Wildman–Crippen LogP) is -0.903. The summed E-state index contributed by atoms with van der Waals surface area (Å²) in [4.78, 5) is 13.0. The van der Waals surface area contributed by atoms with Crippen LogP contribution in [0, 0.1) is 11.3 Å². The molecule has 1 amide bonds. The van der Waals surface area contributed by atoms with Gasteiger partial charge in [-0.1, -0.05) is 0 Å². The number of carbonyl (C=O) groups excluding carboxylic acids is 1. The molecule has 0 saturated carbocycles. The second-order valence-corrected chi connectivity index (χ2v) is 6.02. The molecule has 8 heteroatoms. The first-order valence-corrected chi connectivity index (χ1v) is 6.38. The molecule has 0 rings (SSSR count). The molecule has 0 saturated heterocycles. The molecule has 0 aliphatic rings. The highest BCUT2D eigenvalue weighted by molar-refractivity contribution is 7.86. The molecule has 0 aliphatic heterocycles. The molecular weight excluding hydrogens is 244 g/mol. The molecule has 0 heterocycles. The van der Waals surface area contributed by atoms with Gasteiger partial charge in [-0.25, -0.2) is 0 Å². The van der Waals surface area contributed by atoms with E-state index >= 15 is 0 Å². The molecule has 0 fully saturated rings. The average molecular weight is 262 g/mol. The molecule has 98 valence electrons. The van der Waals surface area contributed by atoms with Crippen molar-refractivity contribution in [3.05, 3.63) is 0 Å². The van der Waals surface area contributed by atoms with Gasteiger partial charge in [-0.3, -0.25) is 4.79 Å². The Kier molecular flexibility index (Phi) is 6.09. The minimum absolute atomic E-state index is 0.229. The van der Waals surface area contributed by atoms with E-state index in [4.69, 9.17) is 5.26 Å². The third-order valence-corrected chi connectivity index (χ3v) is 4.04. The number of nitrogens with zero attached hydrogens (tertiary/aromatic N) is 4. The van der Waals surface area contributed by atoms with Crippen molar-refractivity contribution in [2.24, 2.45) is 0 Å². The van der Waals surface area contributed by atoms with Crippen molar-refractivity contribution in [2.45, 2.75) is 6.42 Å². The quantitative estimate of drug-likeness (QED) is 0.620. The molecule has 0 unspecified atom stereocenters. The largest absolute Gasteiger partial charge is 0.344 e. The Bertz CT molecular complexity index is 399. The Morgan fingerprint density at radius 1 is 1.24 bits per heavy atom. The normalized spacial score (nSPS) is 11.6. The molecule has 7 nitrogen and oxygen atoms in total. The highest BCUT2D eigenvalue weighted by Crippen LogP contribution is 2.01. The van der Waals surface area contributed by atoms with Crippen LogP contribution >= 0.6 is 0 Å². The first kappa shape index (κ1) is 15.8. The van der Waals surface area contributed by atoms with Gasteiger partial charge in [-0.15, -0.1) is 0 Å². The summed E-state index contributed by atoms with van der Waals surface area (Å²) in [6.45, 7) is 0.0631.